The highest BCUT2D eigenvalue weighted by Crippen LogP contribution is 2.65. The van der Waals surface area contributed by atoms with Gasteiger partial charge in [0.2, 0.25) is 11.8 Å². The van der Waals surface area contributed by atoms with Gasteiger partial charge in [0.25, 0.3) is 5.91 Å². The summed E-state index contributed by atoms with van der Waals surface area (Å²) in [5.41, 5.74) is 1.09. The van der Waals surface area contributed by atoms with E-state index in [9.17, 15) is 14.4 Å². The van der Waals surface area contributed by atoms with Gasteiger partial charge in [0, 0.05) is 18.7 Å². The van der Waals surface area contributed by atoms with E-state index in [2.05, 4.69) is 17.5 Å². The number of anilines is 1. The molecule has 2 heterocycles. The zero-order valence-corrected chi connectivity index (χ0v) is 16.1. The molecule has 6 nitrogen and oxygen atoms in total. The Bertz CT molecular complexity index is 881. The lowest BCUT2D eigenvalue weighted by Crippen LogP contribution is -2.40. The number of benzene rings is 1. The number of nitrogens with zero attached hydrogens (tertiary/aromatic N) is 1. The number of carbonyl (C=O) groups is 3. The molecule has 1 aromatic carbocycles. The molecule has 6 aliphatic rings. The minimum Gasteiger partial charge on any atom is -0.376 e. The van der Waals surface area contributed by atoms with Crippen LogP contribution < -0.4 is 10.2 Å². The molecule has 7 rings (SSSR count). The molecule has 2 bridgehead atoms. The first kappa shape index (κ1) is 17.4. The van der Waals surface area contributed by atoms with Gasteiger partial charge >= 0.3 is 0 Å². The van der Waals surface area contributed by atoms with E-state index in [0.717, 1.165) is 25.9 Å². The molecule has 1 N–H and O–H groups in total. The predicted molar refractivity (Wildman–Crippen MR) is 105 cm³/mol. The standard InChI is InChI=1S/C23H24N2O4/c26-21(24-11-14-2-1-9-29-14)12-3-5-13(6-4-12)25-22(27)19-15-7-8-16(18-10-17(15)18)20(19)23(25)28/h3-8,14-20H,1-2,9-11H2,(H,24,26)/t14-,15-,16-,17-,18+,19-,20+/m0/s1. The van der Waals surface area contributed by atoms with E-state index in [1.807, 2.05) is 0 Å². The molecule has 0 aromatic heterocycles. The van der Waals surface area contributed by atoms with Crippen LogP contribution in [-0.2, 0) is 14.3 Å². The molecule has 4 aliphatic carbocycles. The molecule has 4 fully saturated rings. The SMILES string of the molecule is O=C(NC[C@@H]1CCCO1)c1ccc(N2C(=O)[C@@H]3[C@H]4C=C[C@@H]([C@@H]5C[C@H]45)[C@@H]3C2=O)cc1. The lowest BCUT2D eigenvalue weighted by molar-refractivity contribution is -0.124. The van der Waals surface area contributed by atoms with Crippen molar-refractivity contribution < 1.29 is 19.1 Å². The molecule has 0 spiro atoms. The van der Waals surface area contributed by atoms with Crippen LogP contribution in [0.4, 0.5) is 5.69 Å². The largest absolute Gasteiger partial charge is 0.376 e. The van der Waals surface area contributed by atoms with Crippen LogP contribution in [0.25, 0.3) is 0 Å². The molecule has 6 heteroatoms. The highest BCUT2D eigenvalue weighted by molar-refractivity contribution is 6.22. The highest BCUT2D eigenvalue weighted by atomic mass is 16.5. The van der Waals surface area contributed by atoms with Gasteiger partial charge in [-0.15, -0.1) is 0 Å². The van der Waals surface area contributed by atoms with Crippen LogP contribution in [0.2, 0.25) is 0 Å². The summed E-state index contributed by atoms with van der Waals surface area (Å²) in [6.45, 7) is 1.26. The maximum atomic E-state index is 13.2. The number of carbonyl (C=O) groups excluding carboxylic acids is 3. The fourth-order valence-corrected chi connectivity index (χ4v) is 6.09. The zero-order chi connectivity index (χ0) is 19.7. The Kier molecular flexibility index (Phi) is 3.76. The molecule has 3 amide bonds. The van der Waals surface area contributed by atoms with Crippen molar-refractivity contribution in [2.45, 2.75) is 25.4 Å². The van der Waals surface area contributed by atoms with E-state index in [-0.39, 0.29) is 47.5 Å². The summed E-state index contributed by atoms with van der Waals surface area (Å²) >= 11 is 0. The minimum absolute atomic E-state index is 0.0692. The predicted octanol–water partition coefficient (Wildman–Crippen LogP) is 2.15. The van der Waals surface area contributed by atoms with E-state index in [1.54, 1.807) is 24.3 Å². The number of rotatable bonds is 4. The topological polar surface area (TPSA) is 75.7 Å². The second kappa shape index (κ2) is 6.26. The second-order valence-electron chi connectivity index (χ2n) is 9.06. The van der Waals surface area contributed by atoms with Crippen LogP contribution in [0.1, 0.15) is 29.6 Å². The van der Waals surface area contributed by atoms with Gasteiger partial charge in [-0.1, -0.05) is 12.2 Å². The first-order valence-electron chi connectivity index (χ1n) is 10.7. The van der Waals surface area contributed by atoms with E-state index in [4.69, 9.17) is 4.74 Å². The first-order chi connectivity index (χ1) is 14.1. The van der Waals surface area contributed by atoms with Crippen LogP contribution in [0.5, 0.6) is 0 Å². The van der Waals surface area contributed by atoms with Crippen LogP contribution >= 0.6 is 0 Å². The normalized spacial score (nSPS) is 38.9. The summed E-state index contributed by atoms with van der Waals surface area (Å²) in [5, 5.41) is 2.90. The summed E-state index contributed by atoms with van der Waals surface area (Å²) in [5.74, 6) is 0.934. The third-order valence-electron chi connectivity index (χ3n) is 7.56. The number of ether oxygens (including phenoxy) is 1. The number of nitrogens with one attached hydrogen (secondary N) is 1. The zero-order valence-electron chi connectivity index (χ0n) is 16.1. The third kappa shape index (κ3) is 2.54. The van der Waals surface area contributed by atoms with E-state index in [1.165, 1.54) is 4.90 Å². The number of amides is 3. The summed E-state index contributed by atoms with van der Waals surface area (Å²) in [6, 6.07) is 6.80. The van der Waals surface area contributed by atoms with Crippen molar-refractivity contribution in [2.75, 3.05) is 18.1 Å². The van der Waals surface area contributed by atoms with Gasteiger partial charge in [-0.2, -0.15) is 0 Å². The lowest BCUT2D eigenvalue weighted by Gasteiger charge is -2.37. The smallest absolute Gasteiger partial charge is 0.251 e. The molecule has 0 unspecified atom stereocenters. The second-order valence-corrected chi connectivity index (χ2v) is 9.06. The van der Waals surface area contributed by atoms with E-state index >= 15 is 0 Å². The van der Waals surface area contributed by atoms with Crippen LogP contribution in [0, 0.1) is 35.5 Å². The average Bonchev–Trinajstić information content (AvgIpc) is 3.33. The highest BCUT2D eigenvalue weighted by Gasteiger charge is 2.67. The summed E-state index contributed by atoms with van der Waals surface area (Å²) in [6.07, 6.45) is 7.61. The maximum Gasteiger partial charge on any atom is 0.251 e. The van der Waals surface area contributed by atoms with Crippen LogP contribution in [0.3, 0.4) is 0 Å². The van der Waals surface area contributed by atoms with Crippen molar-refractivity contribution in [3.63, 3.8) is 0 Å². The van der Waals surface area contributed by atoms with Crippen LogP contribution in [-0.4, -0.2) is 37.0 Å². The summed E-state index contributed by atoms with van der Waals surface area (Å²) in [7, 11) is 0. The molecule has 2 aliphatic heterocycles. The van der Waals surface area contributed by atoms with E-state index < -0.39 is 0 Å². The first-order valence-corrected chi connectivity index (χ1v) is 10.7. The Hall–Kier alpha value is -2.47. The van der Waals surface area contributed by atoms with Gasteiger partial charge in [0.1, 0.15) is 0 Å². The molecule has 7 atom stereocenters. The Labute approximate surface area is 169 Å². The maximum absolute atomic E-state index is 13.2. The van der Waals surface area contributed by atoms with Gasteiger partial charge in [-0.05, 0) is 67.2 Å². The number of hydrogen-bond donors (Lipinski definition) is 1. The molecule has 2 saturated carbocycles. The Morgan fingerprint density at radius 2 is 1.69 bits per heavy atom. The molecule has 2 saturated heterocycles. The fraction of sp³-hybridized carbons (Fsp3) is 0.522. The monoisotopic (exact) mass is 392 g/mol. The van der Waals surface area contributed by atoms with Crippen molar-refractivity contribution in [3.05, 3.63) is 42.0 Å². The number of hydrogen-bond acceptors (Lipinski definition) is 4. The minimum atomic E-state index is -0.198. The van der Waals surface area contributed by atoms with E-state index in [0.29, 0.717) is 29.6 Å². The van der Waals surface area contributed by atoms with Crippen molar-refractivity contribution in [1.29, 1.82) is 0 Å². The molecule has 29 heavy (non-hydrogen) atoms. The Morgan fingerprint density at radius 1 is 1.03 bits per heavy atom. The van der Waals surface area contributed by atoms with Gasteiger partial charge in [-0.25, -0.2) is 0 Å². The summed E-state index contributed by atoms with van der Waals surface area (Å²) < 4.78 is 5.53. The lowest BCUT2D eigenvalue weighted by atomic mass is 9.63. The number of imide groups is 1. The van der Waals surface area contributed by atoms with Crippen LogP contribution in [0.15, 0.2) is 36.4 Å². The Morgan fingerprint density at radius 3 is 2.28 bits per heavy atom. The molecular weight excluding hydrogens is 368 g/mol. The molecule has 0 radical (unpaired) electrons. The van der Waals surface area contributed by atoms with Crippen molar-refractivity contribution in [1.82, 2.24) is 5.32 Å². The van der Waals surface area contributed by atoms with Gasteiger partial charge in [0.05, 0.1) is 23.6 Å². The molecular formula is C23H24N2O4. The summed E-state index contributed by atoms with van der Waals surface area (Å²) in [4.78, 5) is 40.0. The fourth-order valence-electron chi connectivity index (χ4n) is 6.09. The van der Waals surface area contributed by atoms with Gasteiger partial charge in [-0.3, -0.25) is 19.3 Å². The molecule has 1 aromatic rings. The van der Waals surface area contributed by atoms with Crippen molar-refractivity contribution in [3.8, 4) is 0 Å². The Balaban J connectivity index is 1.18. The molecule has 150 valence electrons. The van der Waals surface area contributed by atoms with Gasteiger partial charge in [0.15, 0.2) is 0 Å². The average molecular weight is 392 g/mol. The number of allylic oxidation sites excluding steroid dienone is 2. The third-order valence-corrected chi connectivity index (χ3v) is 7.56. The van der Waals surface area contributed by atoms with Crippen molar-refractivity contribution >= 4 is 23.4 Å². The van der Waals surface area contributed by atoms with Gasteiger partial charge < -0.3 is 10.1 Å². The quantitative estimate of drug-likeness (QED) is 0.629. The van der Waals surface area contributed by atoms with Crippen molar-refractivity contribution in [2.24, 2.45) is 35.5 Å².